The van der Waals surface area contributed by atoms with Crippen molar-refractivity contribution in [3.63, 3.8) is 0 Å². The number of nitrogens with two attached hydrogens (primary N) is 5. The van der Waals surface area contributed by atoms with E-state index in [1.807, 2.05) is 126 Å². The van der Waals surface area contributed by atoms with Crippen LogP contribution >= 0.6 is 83.4 Å². The molecule has 1 aliphatic rings. The third-order valence-corrected chi connectivity index (χ3v) is 19.6. The first-order valence-corrected chi connectivity index (χ1v) is 42.7. The monoisotopic (exact) mass is 2300 g/mol. The number of hydrogen-bond acceptors (Lipinski definition) is 36. The Labute approximate surface area is 919 Å². The molecule has 0 unspecified atom stereocenters. The molecule has 1 saturated heterocycles. The van der Waals surface area contributed by atoms with E-state index in [9.17, 15) is 39.3 Å². The van der Waals surface area contributed by atoms with E-state index in [2.05, 4.69) is 87.5 Å². The fourth-order valence-electron chi connectivity index (χ4n) is 10.2. The molecule has 10 aromatic rings. The molecule has 2 aromatic heterocycles. The van der Waals surface area contributed by atoms with Crippen LogP contribution in [0.4, 0.5) is 28.4 Å². The zero-order chi connectivity index (χ0) is 92.3. The van der Waals surface area contributed by atoms with Gasteiger partial charge in [-0.3, -0.25) is 0 Å². The van der Waals surface area contributed by atoms with E-state index >= 15 is 0 Å². The van der Waals surface area contributed by atoms with Crippen molar-refractivity contribution < 1.29 is 245 Å². The number of nitrogens with one attached hydrogen (secondary N) is 4. The van der Waals surface area contributed by atoms with Gasteiger partial charge in [-0.1, -0.05) is 168 Å². The topological polar surface area (TPSA) is 494 Å². The quantitative estimate of drug-likeness (QED) is 0.00423. The summed E-state index contributed by atoms with van der Waals surface area (Å²) in [5.74, 6) is 25.2. The number of aliphatic hydroxyl groups is 1. The van der Waals surface area contributed by atoms with Crippen LogP contribution < -0.4 is 69.9 Å². The third-order valence-electron chi connectivity index (χ3n) is 15.5. The molecule has 4 radical (unpaired) electrons. The molecule has 0 saturated carbocycles. The number of anilines is 5. The zero-order valence-electron chi connectivity index (χ0n) is 74.2. The number of Topliss-reactive ketones (excluding diaryl/α,β-unsaturated/α-hetero) is 2. The van der Waals surface area contributed by atoms with Crippen molar-refractivity contribution in [1.29, 1.82) is 0 Å². The van der Waals surface area contributed by atoms with Crippen LogP contribution in [-0.2, 0) is 191 Å². The Morgan fingerprint density at radius 1 is 0.410 bits per heavy atom. The van der Waals surface area contributed by atoms with Gasteiger partial charge in [-0.25, -0.2) is 14.4 Å². The Kier molecular flexibility index (Phi) is 90.0. The molecule has 1 fully saturated rings. The molecule has 134 heavy (non-hydrogen) atoms. The van der Waals surface area contributed by atoms with Crippen molar-refractivity contribution in [1.82, 2.24) is 0 Å². The average Bonchev–Trinajstić information content (AvgIpc) is 1.30. The summed E-state index contributed by atoms with van der Waals surface area (Å²) >= 11 is 16.1. The Morgan fingerprint density at radius 3 is 1.05 bits per heavy atom. The number of unbranched alkanes of at least 4 members (excludes halogenated alkanes) is 2. The molecule has 45 heteroatoms. The Morgan fingerprint density at radius 2 is 0.731 bits per heavy atom. The van der Waals surface area contributed by atoms with Gasteiger partial charge >= 0.3 is 17.9 Å². The summed E-state index contributed by atoms with van der Waals surface area (Å²) in [6.45, 7) is 26.9. The standard InChI is InChI=1S/C18H21N2O4S.C17H18N2O5S.C17H20N2O5S.C13H12ClN2O4S.C12H11ClN2O5S.3C2H6.CH4O.3CH4.2CH3.4Y/c1-3-4-10-20-16-11-14(13(2)21)12-17(25-24-23-19)18(16)22-15-8-6-5-7-9-15;18-23-24-25-15-11-12(17(20)21)10-14(19-8-4-5-9-19)16(15)22-13-6-2-1-3-7-13;1-2-3-9-19-14-10-12(17(20)21)11-15(25-24-23-18)16(14)22-13-7-5-4-6-8-13;1-8(17)10-5-13(21-20-19-15)11(14)6-12(10)16-7-9-3-2-4-18-9;13-9-5-10(15-6-7-2-1-3-18-7)8(12(16)17)4-11(9)21-20-19-14;4*1-2;;;;;;;;;/h5-9,11-12,20H,2-4,10,19H2,1H3;1-3,6-7,10-11H,4-5,8-9,18H2,(H,20,21);4-8,10-11,19H,2-3,9,18H2,1H3,(H,20,21);2-6,16H,1,7,15H2;1-5,15H,6,14H2,(H,16,17);3*1-2H3;2H,1H3;3*1H4;2*1H3;;;;/q-1;;;-1;;;;;;;;;2*-1;;;;. The van der Waals surface area contributed by atoms with E-state index in [0.717, 1.165) is 119 Å². The molecule has 0 aliphatic carbocycles. The molecule has 1 aliphatic heterocycles. The number of aliphatic hydroxyl groups excluding tert-OH is 1. The van der Waals surface area contributed by atoms with Crippen molar-refractivity contribution in [2.45, 2.75) is 154 Å². The summed E-state index contributed by atoms with van der Waals surface area (Å²) in [5.41, 5.74) is 3.94. The van der Waals surface area contributed by atoms with Crippen molar-refractivity contribution in [3.05, 3.63) is 267 Å². The molecule has 3 heterocycles. The number of carboxylic acid groups (broad SMARTS) is 3. The number of rotatable bonds is 41. The van der Waals surface area contributed by atoms with Crippen molar-refractivity contribution in [2.75, 3.05) is 59.5 Å². The van der Waals surface area contributed by atoms with Crippen LogP contribution in [0.25, 0.3) is 0 Å². The smallest absolute Gasteiger partial charge is 0.337 e. The molecule has 0 atom stereocenters. The number of halogens is 2. The van der Waals surface area contributed by atoms with Crippen LogP contribution in [0.1, 0.15) is 180 Å². The van der Waals surface area contributed by atoms with Gasteiger partial charge in [0.15, 0.2) is 17.2 Å². The molecule has 0 bridgehead atoms. The summed E-state index contributed by atoms with van der Waals surface area (Å²) in [6, 6.07) is 50.3. The molecule has 0 amide bonds. The van der Waals surface area contributed by atoms with E-state index < -0.39 is 17.9 Å². The van der Waals surface area contributed by atoms with Gasteiger partial charge < -0.3 is 94.1 Å². The van der Waals surface area contributed by atoms with Gasteiger partial charge in [0.2, 0.25) is 0 Å². The number of furan rings is 2. The van der Waals surface area contributed by atoms with Gasteiger partial charge in [0.25, 0.3) is 0 Å². The first kappa shape index (κ1) is 141. The Hall–Kier alpha value is -5.68. The molecule has 34 nitrogen and oxygen atoms in total. The molecule has 732 valence electrons. The number of nitrogens with zero attached hydrogens (tertiary/aromatic N) is 1. The van der Waals surface area contributed by atoms with Gasteiger partial charge in [0.1, 0.15) is 28.8 Å². The number of carboxylic acids is 3. The summed E-state index contributed by atoms with van der Waals surface area (Å²) in [6.07, 6.45) is 9.17. The minimum Gasteiger partial charge on any atom is -0.478 e. The van der Waals surface area contributed by atoms with Crippen LogP contribution in [0.2, 0.25) is 10.0 Å². The van der Waals surface area contributed by atoms with Crippen LogP contribution in [0.15, 0.2) is 222 Å². The molecule has 11 rings (SSSR count). The van der Waals surface area contributed by atoms with E-state index in [1.165, 1.54) is 36.6 Å². The summed E-state index contributed by atoms with van der Waals surface area (Å²) in [4.78, 5) is 82.4. The molecular weight excluding hydrogens is 2180 g/mol. The maximum Gasteiger partial charge on any atom is 0.337 e. The second-order valence-electron chi connectivity index (χ2n) is 23.5. The van der Waals surface area contributed by atoms with Gasteiger partial charge in [0, 0.05) is 181 Å². The summed E-state index contributed by atoms with van der Waals surface area (Å²) in [5, 5.41) is 48.2. The number of para-hydroxylation sites is 3. The number of ether oxygens (including phenoxy) is 3. The Balaban J connectivity index is -0.000000291. The molecular formula is C89H122Cl2N10O24S5Y4-4. The maximum absolute atomic E-state index is 11.7. The van der Waals surface area contributed by atoms with E-state index in [0.29, 0.717) is 146 Å². The first-order chi connectivity index (χ1) is 60.7. The van der Waals surface area contributed by atoms with E-state index in [4.69, 9.17) is 93.8 Å². The van der Waals surface area contributed by atoms with Gasteiger partial charge in [-0.05, 0) is 134 Å². The second kappa shape index (κ2) is 85.3. The largest absolute Gasteiger partial charge is 0.478 e. The van der Waals surface area contributed by atoms with Crippen molar-refractivity contribution in [2.24, 2.45) is 29.5 Å². The van der Waals surface area contributed by atoms with Crippen LogP contribution in [-0.4, -0.2) is 83.2 Å². The third kappa shape index (κ3) is 52.0. The number of hydrogen-bond donors (Lipinski definition) is 13. The molecule has 18 N–H and O–H groups in total. The van der Waals surface area contributed by atoms with Gasteiger partial charge in [-0.2, -0.15) is 43.3 Å². The van der Waals surface area contributed by atoms with Gasteiger partial charge in [-0.15, -0.1) is 75.9 Å². The SMILES string of the molecule is C.C.C.CC.CC.CC.CCCCNc1cc(C(=O)O)cc(SOON)c1Oc1ccccc1.CO.NOOSc1cc(C(=O)O)c(NCc2ccco2)cc1Cl.NOOSc1cc(C(=O)O)cc(N2CCCC2)c1Oc1ccccc1.[CH2-]C(=O)c1cc(NCCCC)c(Oc2ccccc2)c(SOON)c1.[CH2-]C(=O)c1cc(SOON)c(Cl)cc1NCc1ccco1.[CH3-].[CH3-].[Y].[Y].[Y].[Y]. The van der Waals surface area contributed by atoms with Gasteiger partial charge in [0.05, 0.1) is 155 Å². The van der Waals surface area contributed by atoms with E-state index in [1.54, 1.807) is 66.9 Å². The fraction of sp³-hybridized carbons (Fsp3) is 0.270. The van der Waals surface area contributed by atoms with Crippen LogP contribution in [0.3, 0.4) is 0 Å². The number of carbonyl (C=O) groups is 5. The zero-order valence-corrected chi connectivity index (χ0v) is 91.1. The predicted molar refractivity (Wildman–Crippen MR) is 519 cm³/mol. The second-order valence-corrected chi connectivity index (χ2v) is 28.1. The molecule has 8 aromatic carbocycles. The van der Waals surface area contributed by atoms with Crippen LogP contribution in [0.5, 0.6) is 34.5 Å². The minimum atomic E-state index is -1.11. The number of ketones is 2. The minimum absolute atomic E-state index is 0. The van der Waals surface area contributed by atoms with E-state index in [-0.39, 0.29) is 196 Å². The van der Waals surface area contributed by atoms with Crippen molar-refractivity contribution >= 4 is 141 Å². The Bertz CT molecular complexity index is 4540. The van der Waals surface area contributed by atoms with Crippen molar-refractivity contribution in [3.8, 4) is 34.5 Å². The first-order valence-electron chi connectivity index (χ1n) is 38.3. The maximum atomic E-state index is 11.7. The average molecular weight is 2300 g/mol. The number of carbonyl (C=O) groups excluding carboxylic acids is 2. The number of benzene rings is 8. The fourth-order valence-corrected chi connectivity index (χ4v) is 13.1. The number of aromatic carboxylic acids is 3. The summed E-state index contributed by atoms with van der Waals surface area (Å²) in [7, 11) is 1.00. The normalized spacial score (nSPS) is 9.99. The van der Waals surface area contributed by atoms with Crippen LogP contribution in [0, 0.1) is 28.7 Å². The molecule has 0 spiro atoms. The summed E-state index contributed by atoms with van der Waals surface area (Å²) < 4.78 is 51.6. The predicted octanol–water partition coefficient (Wildman–Crippen LogP) is 24.3.